The van der Waals surface area contributed by atoms with Crippen LogP contribution in [0.3, 0.4) is 0 Å². The predicted octanol–water partition coefficient (Wildman–Crippen LogP) is 3.31. The van der Waals surface area contributed by atoms with Crippen LogP contribution < -0.4 is 5.32 Å². The van der Waals surface area contributed by atoms with E-state index in [1.807, 2.05) is 11.0 Å². The molecule has 2 heterocycles. The number of nitrogens with one attached hydrogen (secondary N) is 1. The fourth-order valence-corrected chi connectivity index (χ4v) is 3.70. The molecule has 8 heteroatoms. The first-order valence-corrected chi connectivity index (χ1v) is 9.27. The van der Waals surface area contributed by atoms with Gasteiger partial charge in [0.05, 0.1) is 11.7 Å². The number of hydrogen-bond donors (Lipinski definition) is 1. The molecule has 0 radical (unpaired) electrons. The fourth-order valence-electron chi connectivity index (χ4n) is 2.96. The minimum absolute atomic E-state index is 0.350. The molecule has 1 aromatic heterocycles. The lowest BCUT2D eigenvalue weighted by molar-refractivity contribution is -0.121. The highest BCUT2D eigenvalue weighted by molar-refractivity contribution is 7.09. The zero-order chi connectivity index (χ0) is 18.7. The molecule has 0 saturated carbocycles. The van der Waals surface area contributed by atoms with Crippen molar-refractivity contribution < 1.29 is 18.0 Å². The molecule has 26 heavy (non-hydrogen) atoms. The second-order valence-corrected chi connectivity index (χ2v) is 7.31. The highest BCUT2D eigenvalue weighted by Gasteiger charge is 2.26. The van der Waals surface area contributed by atoms with Crippen LogP contribution in [0.5, 0.6) is 0 Å². The number of halogens is 3. The van der Waals surface area contributed by atoms with E-state index in [-0.39, 0.29) is 5.69 Å². The van der Waals surface area contributed by atoms with Crippen LogP contribution in [0.2, 0.25) is 0 Å². The van der Waals surface area contributed by atoms with Crippen LogP contribution >= 0.6 is 11.3 Å². The van der Waals surface area contributed by atoms with Gasteiger partial charge in [-0.05, 0) is 30.5 Å². The van der Waals surface area contributed by atoms with E-state index < -0.39 is 29.4 Å². The summed E-state index contributed by atoms with van der Waals surface area (Å²) >= 11 is 1.72. The Balaban J connectivity index is 1.54. The van der Waals surface area contributed by atoms with E-state index in [0.717, 1.165) is 31.8 Å². The van der Waals surface area contributed by atoms with Gasteiger partial charge >= 0.3 is 0 Å². The maximum Gasteiger partial charge on any atom is 0.241 e. The molecule has 1 amide bonds. The van der Waals surface area contributed by atoms with Gasteiger partial charge in [0.1, 0.15) is 0 Å². The normalized spacial score (nSPS) is 17.2. The average molecular weight is 383 g/mol. The smallest absolute Gasteiger partial charge is 0.241 e. The first kappa shape index (κ1) is 18.9. The molecular formula is C18H20F3N3OS. The van der Waals surface area contributed by atoms with Gasteiger partial charge in [0.15, 0.2) is 17.5 Å². The second kappa shape index (κ2) is 8.20. The van der Waals surface area contributed by atoms with Crippen LogP contribution in [0.15, 0.2) is 29.6 Å². The minimum Gasteiger partial charge on any atom is -0.322 e. The molecule has 1 fully saturated rings. The molecule has 1 aliphatic heterocycles. The van der Waals surface area contributed by atoms with Gasteiger partial charge < -0.3 is 5.32 Å². The maximum atomic E-state index is 13.7. The van der Waals surface area contributed by atoms with Gasteiger partial charge in [-0.3, -0.25) is 14.6 Å². The lowest BCUT2D eigenvalue weighted by Crippen LogP contribution is -2.52. The minimum atomic E-state index is -1.59. The summed E-state index contributed by atoms with van der Waals surface area (Å²) in [7, 11) is 0. The molecule has 0 unspecified atom stereocenters. The van der Waals surface area contributed by atoms with E-state index in [4.69, 9.17) is 0 Å². The van der Waals surface area contributed by atoms with Crippen LogP contribution in [0.25, 0.3) is 0 Å². The Morgan fingerprint density at radius 1 is 1.15 bits per heavy atom. The van der Waals surface area contributed by atoms with E-state index >= 15 is 0 Å². The van der Waals surface area contributed by atoms with Crippen molar-refractivity contribution in [3.8, 4) is 0 Å². The van der Waals surface area contributed by atoms with Crippen LogP contribution in [0, 0.1) is 17.5 Å². The fraction of sp³-hybridized carbons (Fsp3) is 0.389. The third-order valence-electron chi connectivity index (χ3n) is 4.59. The quantitative estimate of drug-likeness (QED) is 0.805. The number of carbonyl (C=O) groups is 1. The lowest BCUT2D eigenvalue weighted by atomic mass is 10.2. The van der Waals surface area contributed by atoms with Gasteiger partial charge in [-0.2, -0.15) is 0 Å². The number of amides is 1. The molecule has 1 N–H and O–H groups in total. The van der Waals surface area contributed by atoms with Gasteiger partial charge in [0.2, 0.25) is 5.91 Å². The molecule has 1 saturated heterocycles. The molecular weight excluding hydrogens is 363 g/mol. The number of piperazine rings is 1. The van der Waals surface area contributed by atoms with Crippen molar-refractivity contribution >= 4 is 22.9 Å². The van der Waals surface area contributed by atoms with E-state index in [9.17, 15) is 18.0 Å². The standard InChI is InChI=1S/C18H20F3N3OS/c1-12(18(25)22-15-5-4-14(19)16(20)17(15)21)24-8-6-23(7-9-24)11-13-3-2-10-26-13/h2-5,10,12H,6-9,11H2,1H3,(H,22,25)/t12-/m1/s1. The van der Waals surface area contributed by atoms with E-state index in [0.29, 0.717) is 13.1 Å². The SMILES string of the molecule is C[C@H](C(=O)Nc1ccc(F)c(F)c1F)N1CCN(Cc2cccs2)CC1. The molecule has 3 rings (SSSR count). The number of carbonyl (C=O) groups excluding carboxylic acids is 1. The summed E-state index contributed by atoms with van der Waals surface area (Å²) in [5.74, 6) is -4.69. The Morgan fingerprint density at radius 3 is 2.54 bits per heavy atom. The molecule has 0 spiro atoms. The van der Waals surface area contributed by atoms with Gasteiger partial charge in [0, 0.05) is 37.6 Å². The molecule has 4 nitrogen and oxygen atoms in total. The molecule has 1 aromatic carbocycles. The molecule has 1 aliphatic rings. The Morgan fingerprint density at radius 2 is 1.88 bits per heavy atom. The van der Waals surface area contributed by atoms with Crippen molar-refractivity contribution in [1.29, 1.82) is 0 Å². The lowest BCUT2D eigenvalue weighted by Gasteiger charge is -2.37. The van der Waals surface area contributed by atoms with Gasteiger partial charge in [-0.1, -0.05) is 6.07 Å². The summed E-state index contributed by atoms with van der Waals surface area (Å²) in [6.45, 7) is 5.69. The van der Waals surface area contributed by atoms with Crippen molar-refractivity contribution in [1.82, 2.24) is 9.80 Å². The first-order valence-electron chi connectivity index (χ1n) is 8.39. The summed E-state index contributed by atoms with van der Waals surface area (Å²) in [5.41, 5.74) is -0.350. The number of anilines is 1. The average Bonchev–Trinajstić information content (AvgIpc) is 3.15. The van der Waals surface area contributed by atoms with E-state index in [1.165, 1.54) is 4.88 Å². The molecule has 1 atom stereocenters. The Labute approximate surface area is 154 Å². The number of thiophene rings is 1. The van der Waals surface area contributed by atoms with Crippen LogP contribution in [0.4, 0.5) is 18.9 Å². The van der Waals surface area contributed by atoms with Crippen molar-refractivity contribution in [3.63, 3.8) is 0 Å². The second-order valence-electron chi connectivity index (χ2n) is 6.28. The third kappa shape index (κ3) is 4.25. The molecule has 140 valence electrons. The monoisotopic (exact) mass is 383 g/mol. The van der Waals surface area contributed by atoms with Crippen LogP contribution in [-0.4, -0.2) is 47.9 Å². The summed E-state index contributed by atoms with van der Waals surface area (Å²) in [5, 5.41) is 4.40. The van der Waals surface area contributed by atoms with Gasteiger partial charge in [0.25, 0.3) is 0 Å². The van der Waals surface area contributed by atoms with Gasteiger partial charge in [-0.15, -0.1) is 11.3 Å². The predicted molar refractivity (Wildman–Crippen MR) is 95.6 cm³/mol. The molecule has 0 aliphatic carbocycles. The molecule has 2 aromatic rings. The zero-order valence-corrected chi connectivity index (χ0v) is 15.2. The van der Waals surface area contributed by atoms with Gasteiger partial charge in [-0.25, -0.2) is 13.2 Å². The highest BCUT2D eigenvalue weighted by Crippen LogP contribution is 2.20. The van der Waals surface area contributed by atoms with E-state index in [2.05, 4.69) is 21.7 Å². The van der Waals surface area contributed by atoms with Crippen LogP contribution in [0.1, 0.15) is 11.8 Å². The summed E-state index contributed by atoms with van der Waals surface area (Å²) in [6, 6.07) is 5.45. The number of nitrogens with zero attached hydrogens (tertiary/aromatic N) is 2. The zero-order valence-electron chi connectivity index (χ0n) is 14.3. The highest BCUT2D eigenvalue weighted by atomic mass is 32.1. The number of rotatable bonds is 5. The summed E-state index contributed by atoms with van der Waals surface area (Å²) in [6.07, 6.45) is 0. The Kier molecular flexibility index (Phi) is 5.95. The number of hydrogen-bond acceptors (Lipinski definition) is 4. The van der Waals surface area contributed by atoms with Crippen molar-refractivity contribution in [3.05, 3.63) is 52.0 Å². The molecule has 0 bridgehead atoms. The summed E-state index contributed by atoms with van der Waals surface area (Å²) < 4.78 is 40.0. The Bertz CT molecular complexity index is 761. The largest absolute Gasteiger partial charge is 0.322 e. The van der Waals surface area contributed by atoms with Crippen LogP contribution in [-0.2, 0) is 11.3 Å². The van der Waals surface area contributed by atoms with Crippen molar-refractivity contribution in [2.75, 3.05) is 31.5 Å². The topological polar surface area (TPSA) is 35.6 Å². The third-order valence-corrected chi connectivity index (χ3v) is 5.45. The summed E-state index contributed by atoms with van der Waals surface area (Å²) in [4.78, 5) is 18.0. The van der Waals surface area contributed by atoms with Crippen molar-refractivity contribution in [2.45, 2.75) is 19.5 Å². The maximum absolute atomic E-state index is 13.7. The van der Waals surface area contributed by atoms with E-state index in [1.54, 1.807) is 18.3 Å². The Hall–Kier alpha value is -1.90. The van der Waals surface area contributed by atoms with Crippen molar-refractivity contribution in [2.24, 2.45) is 0 Å². The number of benzene rings is 1. The first-order chi connectivity index (χ1) is 12.5.